The molecule has 1 aromatic rings. The third kappa shape index (κ3) is 5.57. The highest BCUT2D eigenvalue weighted by molar-refractivity contribution is 6.30. The van der Waals surface area contributed by atoms with Crippen LogP contribution in [0.4, 0.5) is 0 Å². The molecule has 0 saturated heterocycles. The lowest BCUT2D eigenvalue weighted by Crippen LogP contribution is -2.13. The average Bonchev–Trinajstić information content (AvgIpc) is 2.39. The van der Waals surface area contributed by atoms with Crippen LogP contribution in [-0.4, -0.2) is 34.0 Å². The van der Waals surface area contributed by atoms with Crippen LogP contribution in [0.1, 0.15) is 19.4 Å². The third-order valence-corrected chi connectivity index (χ3v) is 2.83. The van der Waals surface area contributed by atoms with Crippen LogP contribution in [0.2, 0.25) is 5.02 Å². The van der Waals surface area contributed by atoms with Crippen molar-refractivity contribution in [3.8, 4) is 11.5 Å². The summed E-state index contributed by atoms with van der Waals surface area (Å²) in [6.07, 6.45) is 0. The minimum atomic E-state index is 0.488. The van der Waals surface area contributed by atoms with Gasteiger partial charge in [-0.15, -0.1) is 0 Å². The lowest BCUT2D eigenvalue weighted by Gasteiger charge is -2.16. The van der Waals surface area contributed by atoms with Gasteiger partial charge in [0.1, 0.15) is 6.61 Å². The molecule has 0 bridgehead atoms. The Morgan fingerprint density at radius 1 is 1.25 bits per heavy atom. The molecule has 5 heteroatoms. The van der Waals surface area contributed by atoms with E-state index in [1.165, 1.54) is 0 Å². The first kappa shape index (κ1) is 17.1. The quantitative estimate of drug-likeness (QED) is 0.711. The highest BCUT2D eigenvalue weighted by Crippen LogP contribution is 2.34. The zero-order valence-corrected chi connectivity index (χ0v) is 13.4. The van der Waals surface area contributed by atoms with Crippen molar-refractivity contribution < 1.29 is 14.2 Å². The van der Waals surface area contributed by atoms with Gasteiger partial charge in [-0.05, 0) is 19.0 Å². The first-order valence-corrected chi connectivity index (χ1v) is 7.17. The van der Waals surface area contributed by atoms with Crippen molar-refractivity contribution in [3.63, 3.8) is 0 Å². The largest absolute Gasteiger partial charge is 0.493 e. The van der Waals surface area contributed by atoms with Crippen molar-refractivity contribution >= 4 is 11.6 Å². The summed E-state index contributed by atoms with van der Waals surface area (Å²) in [5.74, 6) is 1.89. The molecule has 1 rings (SSSR count). The second kappa shape index (κ2) is 9.06. The number of hydrogen-bond donors (Lipinski definition) is 1. The number of methoxy groups -OCH3 is 1. The fraction of sp³-hybridized carbons (Fsp3) is 0.600. The summed E-state index contributed by atoms with van der Waals surface area (Å²) in [7, 11) is 3.49. The number of nitrogens with one attached hydrogen (secondary N) is 1. The zero-order chi connectivity index (χ0) is 15.0. The predicted octanol–water partition coefficient (Wildman–Crippen LogP) is 3.12. The van der Waals surface area contributed by atoms with Crippen molar-refractivity contribution in [2.45, 2.75) is 20.4 Å². The molecule has 0 amide bonds. The fourth-order valence-corrected chi connectivity index (χ4v) is 2.01. The summed E-state index contributed by atoms with van der Waals surface area (Å²) in [4.78, 5) is 0. The van der Waals surface area contributed by atoms with Gasteiger partial charge in [0.15, 0.2) is 11.5 Å². The Kier molecular flexibility index (Phi) is 7.73. The van der Waals surface area contributed by atoms with E-state index in [2.05, 4.69) is 19.2 Å². The molecule has 0 heterocycles. The Morgan fingerprint density at radius 2 is 2.00 bits per heavy atom. The van der Waals surface area contributed by atoms with Gasteiger partial charge >= 0.3 is 0 Å². The van der Waals surface area contributed by atoms with Gasteiger partial charge in [-0.3, -0.25) is 0 Å². The van der Waals surface area contributed by atoms with Gasteiger partial charge in [0, 0.05) is 29.8 Å². The molecule has 0 aliphatic rings. The van der Waals surface area contributed by atoms with Crippen molar-refractivity contribution in [2.75, 3.05) is 34.0 Å². The molecule has 0 aromatic heterocycles. The molecule has 0 fully saturated rings. The van der Waals surface area contributed by atoms with Gasteiger partial charge in [0.2, 0.25) is 0 Å². The Labute approximate surface area is 126 Å². The normalized spacial score (nSPS) is 10.9. The summed E-state index contributed by atoms with van der Waals surface area (Å²) in [6.45, 7) is 6.69. The summed E-state index contributed by atoms with van der Waals surface area (Å²) in [6, 6.07) is 3.63. The highest BCUT2D eigenvalue weighted by atomic mass is 35.5. The molecule has 0 atom stereocenters. The van der Waals surface area contributed by atoms with E-state index in [4.69, 9.17) is 25.8 Å². The van der Waals surface area contributed by atoms with E-state index in [0.717, 1.165) is 17.9 Å². The topological polar surface area (TPSA) is 39.7 Å². The molecule has 0 saturated carbocycles. The molecule has 1 aromatic carbocycles. The van der Waals surface area contributed by atoms with Crippen molar-refractivity contribution in [2.24, 2.45) is 5.92 Å². The molecule has 0 unspecified atom stereocenters. The minimum Gasteiger partial charge on any atom is -0.493 e. The van der Waals surface area contributed by atoms with Crippen LogP contribution < -0.4 is 14.8 Å². The minimum absolute atomic E-state index is 0.488. The number of hydrogen-bond acceptors (Lipinski definition) is 4. The second-order valence-corrected chi connectivity index (χ2v) is 5.38. The molecule has 0 radical (unpaired) electrons. The van der Waals surface area contributed by atoms with Gasteiger partial charge in [0.05, 0.1) is 13.7 Å². The molecule has 0 aliphatic heterocycles. The molecule has 114 valence electrons. The maximum absolute atomic E-state index is 6.07. The monoisotopic (exact) mass is 301 g/mol. The Hall–Kier alpha value is -0.970. The van der Waals surface area contributed by atoms with Crippen LogP contribution in [0.3, 0.4) is 0 Å². The summed E-state index contributed by atoms with van der Waals surface area (Å²) >= 11 is 6.07. The smallest absolute Gasteiger partial charge is 0.165 e. The summed E-state index contributed by atoms with van der Waals surface area (Å²) < 4.78 is 16.6. The van der Waals surface area contributed by atoms with Crippen LogP contribution in [0.25, 0.3) is 0 Å². The number of ether oxygens (including phenoxy) is 3. The van der Waals surface area contributed by atoms with E-state index in [1.54, 1.807) is 13.2 Å². The van der Waals surface area contributed by atoms with Crippen LogP contribution in [0.15, 0.2) is 12.1 Å². The summed E-state index contributed by atoms with van der Waals surface area (Å²) in [5.41, 5.74) is 0.973. The van der Waals surface area contributed by atoms with Crippen molar-refractivity contribution in [1.29, 1.82) is 0 Å². The Bertz CT molecular complexity index is 410. The van der Waals surface area contributed by atoms with Crippen molar-refractivity contribution in [1.82, 2.24) is 5.32 Å². The van der Waals surface area contributed by atoms with Crippen LogP contribution in [0, 0.1) is 5.92 Å². The first-order valence-electron chi connectivity index (χ1n) is 6.80. The maximum atomic E-state index is 6.07. The summed E-state index contributed by atoms with van der Waals surface area (Å²) in [5, 5.41) is 3.73. The van der Waals surface area contributed by atoms with Crippen LogP contribution >= 0.6 is 11.6 Å². The van der Waals surface area contributed by atoms with Crippen LogP contribution in [-0.2, 0) is 11.3 Å². The van der Waals surface area contributed by atoms with E-state index in [0.29, 0.717) is 36.4 Å². The van der Waals surface area contributed by atoms with Crippen molar-refractivity contribution in [3.05, 3.63) is 22.7 Å². The lowest BCUT2D eigenvalue weighted by atomic mass is 10.2. The van der Waals surface area contributed by atoms with E-state index in [1.807, 2.05) is 13.1 Å². The molecule has 0 spiro atoms. The van der Waals surface area contributed by atoms with E-state index in [9.17, 15) is 0 Å². The average molecular weight is 302 g/mol. The van der Waals surface area contributed by atoms with Crippen LogP contribution in [0.5, 0.6) is 11.5 Å². The van der Waals surface area contributed by atoms with E-state index < -0.39 is 0 Å². The van der Waals surface area contributed by atoms with Gasteiger partial charge in [-0.1, -0.05) is 25.4 Å². The van der Waals surface area contributed by atoms with Gasteiger partial charge < -0.3 is 19.5 Å². The number of benzene rings is 1. The van der Waals surface area contributed by atoms with E-state index in [-0.39, 0.29) is 0 Å². The molecule has 0 aliphatic carbocycles. The molecule has 20 heavy (non-hydrogen) atoms. The third-order valence-electron chi connectivity index (χ3n) is 2.61. The lowest BCUT2D eigenvalue weighted by molar-refractivity contribution is 0.0807. The standard InChI is InChI=1S/C15H24ClNO3/c1-11(2)10-19-5-6-20-15-12(9-17-3)7-13(16)8-14(15)18-4/h7-8,11,17H,5-6,9-10H2,1-4H3. The fourth-order valence-electron chi connectivity index (χ4n) is 1.78. The number of rotatable bonds is 9. The Morgan fingerprint density at radius 3 is 2.60 bits per heavy atom. The number of halogens is 1. The highest BCUT2D eigenvalue weighted by Gasteiger charge is 2.12. The zero-order valence-electron chi connectivity index (χ0n) is 12.7. The van der Waals surface area contributed by atoms with Gasteiger partial charge in [0.25, 0.3) is 0 Å². The maximum Gasteiger partial charge on any atom is 0.165 e. The second-order valence-electron chi connectivity index (χ2n) is 4.94. The van der Waals surface area contributed by atoms with Gasteiger partial charge in [-0.2, -0.15) is 0 Å². The predicted molar refractivity (Wildman–Crippen MR) is 81.9 cm³/mol. The Balaban J connectivity index is 2.66. The van der Waals surface area contributed by atoms with Gasteiger partial charge in [-0.25, -0.2) is 0 Å². The molecule has 1 N–H and O–H groups in total. The molecular weight excluding hydrogens is 278 g/mol. The van der Waals surface area contributed by atoms with E-state index >= 15 is 0 Å². The molecule has 4 nitrogen and oxygen atoms in total. The first-order chi connectivity index (χ1) is 9.58. The molecular formula is C15H24ClNO3. The SMILES string of the molecule is CNCc1cc(Cl)cc(OC)c1OCCOCC(C)C.